The molecule has 2 unspecified atom stereocenters. The number of rotatable bonds is 7. The van der Waals surface area contributed by atoms with Crippen molar-refractivity contribution in [1.29, 1.82) is 0 Å². The highest BCUT2D eigenvalue weighted by molar-refractivity contribution is 6.01. The Balaban J connectivity index is 4.51. The van der Waals surface area contributed by atoms with E-state index in [1.54, 1.807) is 6.92 Å². The van der Waals surface area contributed by atoms with Crippen molar-refractivity contribution in [3.63, 3.8) is 0 Å². The van der Waals surface area contributed by atoms with E-state index in [0.29, 0.717) is 5.92 Å². The standard InChI is InChI=1S/C12H26N4O2/c1-8(2)6-10(7-16(4)5)14-12(17)9(3)11(13)15-18/h8-10,18H,6-7H2,1-5H3,(H2,13,15)(H,14,17). The van der Waals surface area contributed by atoms with Gasteiger partial charge in [-0.2, -0.15) is 0 Å². The molecule has 0 spiro atoms. The first-order chi connectivity index (χ1) is 8.27. The maximum atomic E-state index is 11.9. The third kappa shape index (κ3) is 6.44. The molecule has 106 valence electrons. The first-order valence-electron chi connectivity index (χ1n) is 6.20. The first-order valence-corrected chi connectivity index (χ1v) is 6.20. The van der Waals surface area contributed by atoms with Gasteiger partial charge in [-0.3, -0.25) is 4.79 Å². The summed E-state index contributed by atoms with van der Waals surface area (Å²) in [5.74, 6) is -0.403. The molecule has 0 aromatic rings. The second-order valence-electron chi connectivity index (χ2n) is 5.34. The number of nitrogens with zero attached hydrogens (tertiary/aromatic N) is 2. The first kappa shape index (κ1) is 16.7. The summed E-state index contributed by atoms with van der Waals surface area (Å²) in [5.41, 5.74) is 5.42. The predicted octanol–water partition coefficient (Wildman–Crippen LogP) is 0.461. The lowest BCUT2D eigenvalue weighted by Crippen LogP contribution is -2.46. The number of hydrogen-bond donors (Lipinski definition) is 3. The summed E-state index contributed by atoms with van der Waals surface area (Å²) < 4.78 is 0. The zero-order valence-electron chi connectivity index (χ0n) is 12.0. The predicted molar refractivity (Wildman–Crippen MR) is 72.5 cm³/mol. The van der Waals surface area contributed by atoms with Crippen LogP contribution in [0.25, 0.3) is 0 Å². The summed E-state index contributed by atoms with van der Waals surface area (Å²) in [6.07, 6.45) is 0.896. The van der Waals surface area contributed by atoms with Gasteiger partial charge in [-0.05, 0) is 33.4 Å². The van der Waals surface area contributed by atoms with Crippen LogP contribution in [0.2, 0.25) is 0 Å². The van der Waals surface area contributed by atoms with Gasteiger partial charge in [-0.25, -0.2) is 0 Å². The largest absolute Gasteiger partial charge is 0.409 e. The zero-order valence-corrected chi connectivity index (χ0v) is 12.0. The quantitative estimate of drug-likeness (QED) is 0.268. The maximum Gasteiger partial charge on any atom is 0.230 e. The number of carbonyl (C=O) groups is 1. The SMILES string of the molecule is CC(C)CC(CN(C)C)NC(=O)C(C)/C(N)=N\O. The summed E-state index contributed by atoms with van der Waals surface area (Å²) in [4.78, 5) is 13.9. The Kier molecular flexibility index (Phi) is 7.35. The van der Waals surface area contributed by atoms with Crippen molar-refractivity contribution in [2.75, 3.05) is 20.6 Å². The number of nitrogens with two attached hydrogens (primary N) is 1. The highest BCUT2D eigenvalue weighted by Gasteiger charge is 2.21. The number of hydrogen-bond acceptors (Lipinski definition) is 4. The molecule has 1 amide bonds. The van der Waals surface area contributed by atoms with E-state index < -0.39 is 5.92 Å². The van der Waals surface area contributed by atoms with E-state index in [1.165, 1.54) is 0 Å². The molecule has 18 heavy (non-hydrogen) atoms. The Bertz CT molecular complexity index is 280. The van der Waals surface area contributed by atoms with Crippen LogP contribution in [0.1, 0.15) is 27.2 Å². The molecular formula is C12H26N4O2. The van der Waals surface area contributed by atoms with E-state index in [2.05, 4.69) is 24.3 Å². The van der Waals surface area contributed by atoms with Crippen LogP contribution in [0.5, 0.6) is 0 Å². The minimum Gasteiger partial charge on any atom is -0.409 e. The Morgan fingerprint density at radius 2 is 1.94 bits per heavy atom. The third-order valence-corrected chi connectivity index (χ3v) is 2.64. The van der Waals surface area contributed by atoms with Gasteiger partial charge in [0.1, 0.15) is 0 Å². The van der Waals surface area contributed by atoms with E-state index in [1.807, 2.05) is 19.0 Å². The van der Waals surface area contributed by atoms with E-state index in [0.717, 1.165) is 13.0 Å². The van der Waals surface area contributed by atoms with Crippen molar-refractivity contribution in [3.8, 4) is 0 Å². The monoisotopic (exact) mass is 258 g/mol. The van der Waals surface area contributed by atoms with Gasteiger partial charge in [0.15, 0.2) is 5.84 Å². The fraction of sp³-hybridized carbons (Fsp3) is 0.833. The lowest BCUT2D eigenvalue weighted by Gasteiger charge is -2.25. The average molecular weight is 258 g/mol. The summed E-state index contributed by atoms with van der Waals surface area (Å²) in [6.45, 7) is 6.61. The van der Waals surface area contributed by atoms with Gasteiger partial charge in [-0.15, -0.1) is 0 Å². The minimum atomic E-state index is -0.619. The topological polar surface area (TPSA) is 91.0 Å². The molecule has 0 aromatic carbocycles. The number of nitrogens with one attached hydrogen (secondary N) is 1. The van der Waals surface area contributed by atoms with Crippen LogP contribution in [0.3, 0.4) is 0 Å². The zero-order chi connectivity index (χ0) is 14.3. The number of amidine groups is 1. The van der Waals surface area contributed by atoms with Crippen molar-refractivity contribution in [3.05, 3.63) is 0 Å². The third-order valence-electron chi connectivity index (χ3n) is 2.64. The van der Waals surface area contributed by atoms with E-state index in [4.69, 9.17) is 10.9 Å². The van der Waals surface area contributed by atoms with Gasteiger partial charge in [0.25, 0.3) is 0 Å². The van der Waals surface area contributed by atoms with Crippen molar-refractivity contribution in [1.82, 2.24) is 10.2 Å². The van der Waals surface area contributed by atoms with Gasteiger partial charge in [0.05, 0.1) is 5.92 Å². The summed E-state index contributed by atoms with van der Waals surface area (Å²) in [5, 5.41) is 14.4. The minimum absolute atomic E-state index is 0.0688. The lowest BCUT2D eigenvalue weighted by atomic mass is 10.0. The van der Waals surface area contributed by atoms with Gasteiger partial charge < -0.3 is 21.2 Å². The molecule has 0 saturated carbocycles. The fourth-order valence-corrected chi connectivity index (χ4v) is 1.74. The second-order valence-corrected chi connectivity index (χ2v) is 5.34. The Hall–Kier alpha value is -1.30. The van der Waals surface area contributed by atoms with Gasteiger partial charge in [0, 0.05) is 12.6 Å². The molecule has 0 aliphatic heterocycles. The fourth-order valence-electron chi connectivity index (χ4n) is 1.74. The van der Waals surface area contributed by atoms with E-state index in [-0.39, 0.29) is 17.8 Å². The molecule has 0 aliphatic rings. The van der Waals surface area contributed by atoms with Gasteiger partial charge >= 0.3 is 0 Å². The number of likely N-dealkylation sites (N-methyl/N-ethyl adjacent to an activating group) is 1. The Labute approximate surface area is 109 Å². The normalized spacial score (nSPS) is 15.8. The molecule has 0 fully saturated rings. The van der Waals surface area contributed by atoms with Crippen LogP contribution >= 0.6 is 0 Å². The van der Waals surface area contributed by atoms with E-state index in [9.17, 15) is 4.79 Å². The number of oxime groups is 1. The molecule has 2 atom stereocenters. The van der Waals surface area contributed by atoms with Crippen LogP contribution in [-0.4, -0.2) is 48.5 Å². The molecule has 0 bridgehead atoms. The summed E-state index contributed by atoms with van der Waals surface area (Å²) in [7, 11) is 3.93. The second kappa shape index (κ2) is 7.92. The molecule has 4 N–H and O–H groups in total. The molecule has 0 radical (unpaired) electrons. The average Bonchev–Trinajstić information content (AvgIpc) is 2.24. The molecule has 0 saturated heterocycles. The van der Waals surface area contributed by atoms with Crippen LogP contribution in [0.4, 0.5) is 0 Å². The summed E-state index contributed by atoms with van der Waals surface area (Å²) >= 11 is 0. The highest BCUT2D eigenvalue weighted by Crippen LogP contribution is 2.07. The van der Waals surface area contributed by atoms with Crippen molar-refractivity contribution in [2.45, 2.75) is 33.2 Å². The van der Waals surface area contributed by atoms with Crippen LogP contribution in [0, 0.1) is 11.8 Å². The van der Waals surface area contributed by atoms with E-state index >= 15 is 0 Å². The lowest BCUT2D eigenvalue weighted by molar-refractivity contribution is -0.123. The molecule has 0 aromatic heterocycles. The number of carbonyl (C=O) groups excluding carboxylic acids is 1. The van der Waals surface area contributed by atoms with Gasteiger partial charge in [-0.1, -0.05) is 19.0 Å². The van der Waals surface area contributed by atoms with Crippen molar-refractivity contribution < 1.29 is 10.0 Å². The molecule has 0 rings (SSSR count). The Morgan fingerprint density at radius 3 is 2.33 bits per heavy atom. The number of amides is 1. The van der Waals surface area contributed by atoms with Crippen LogP contribution in [0.15, 0.2) is 5.16 Å². The molecule has 6 heteroatoms. The summed E-state index contributed by atoms with van der Waals surface area (Å²) in [6, 6.07) is 0.0708. The highest BCUT2D eigenvalue weighted by atomic mass is 16.4. The van der Waals surface area contributed by atoms with Crippen molar-refractivity contribution in [2.24, 2.45) is 22.7 Å². The van der Waals surface area contributed by atoms with Gasteiger partial charge in [0.2, 0.25) is 5.91 Å². The molecule has 0 aliphatic carbocycles. The maximum absolute atomic E-state index is 11.9. The molecule has 0 heterocycles. The van der Waals surface area contributed by atoms with Crippen molar-refractivity contribution >= 4 is 11.7 Å². The Morgan fingerprint density at radius 1 is 1.39 bits per heavy atom. The van der Waals surface area contributed by atoms with Crippen LogP contribution < -0.4 is 11.1 Å². The van der Waals surface area contributed by atoms with Crippen LogP contribution in [-0.2, 0) is 4.79 Å². The smallest absolute Gasteiger partial charge is 0.230 e. The molecule has 6 nitrogen and oxygen atoms in total. The molecular weight excluding hydrogens is 232 g/mol.